The summed E-state index contributed by atoms with van der Waals surface area (Å²) in [7, 11) is 0. The van der Waals surface area contributed by atoms with Crippen LogP contribution in [0.4, 0.5) is 5.69 Å². The van der Waals surface area contributed by atoms with Gasteiger partial charge in [0.1, 0.15) is 12.8 Å². The number of nitrogens with zero attached hydrogens (tertiary/aromatic N) is 1. The first-order chi connectivity index (χ1) is 14.8. The lowest BCUT2D eigenvalue weighted by Crippen LogP contribution is -2.45. The molecule has 0 bridgehead atoms. The highest BCUT2D eigenvalue weighted by atomic mass is 16.5. The molecule has 164 valence electrons. The fourth-order valence-electron chi connectivity index (χ4n) is 2.93. The Bertz CT molecular complexity index is 953. The second kappa shape index (κ2) is 11.1. The summed E-state index contributed by atoms with van der Waals surface area (Å²) in [5.74, 6) is -1.45. The van der Waals surface area contributed by atoms with Gasteiger partial charge < -0.3 is 15.0 Å². The maximum Gasteiger partial charge on any atom is 0.338 e. The van der Waals surface area contributed by atoms with Crippen LogP contribution in [0.15, 0.2) is 42.5 Å². The molecule has 0 fully saturated rings. The minimum Gasteiger partial charge on any atom is -0.452 e. The molecule has 2 aromatic carbocycles. The number of benzene rings is 2. The van der Waals surface area contributed by atoms with Crippen molar-refractivity contribution in [1.29, 1.82) is 0 Å². The molecule has 0 saturated carbocycles. The molecule has 7 nitrogen and oxygen atoms in total. The number of hydrogen-bond acceptors (Lipinski definition) is 5. The van der Waals surface area contributed by atoms with Crippen LogP contribution >= 0.6 is 0 Å². The van der Waals surface area contributed by atoms with Crippen LogP contribution in [0.5, 0.6) is 0 Å². The Hall–Kier alpha value is -3.48. The van der Waals surface area contributed by atoms with Crippen molar-refractivity contribution in [3.05, 3.63) is 64.7 Å². The van der Waals surface area contributed by atoms with Crippen molar-refractivity contribution in [3.8, 4) is 0 Å². The summed E-state index contributed by atoms with van der Waals surface area (Å²) in [6.07, 6.45) is 1.32. The summed E-state index contributed by atoms with van der Waals surface area (Å²) in [5, 5.41) is 2.85. The fourth-order valence-corrected chi connectivity index (χ4v) is 2.93. The molecular weight excluding hydrogens is 396 g/mol. The van der Waals surface area contributed by atoms with Gasteiger partial charge in [0.2, 0.25) is 5.91 Å². The Kier molecular flexibility index (Phi) is 8.49. The minimum atomic E-state index is -0.672. The van der Waals surface area contributed by atoms with E-state index in [2.05, 4.69) is 5.32 Å². The van der Waals surface area contributed by atoms with Crippen molar-refractivity contribution >= 4 is 29.8 Å². The van der Waals surface area contributed by atoms with E-state index in [9.17, 15) is 19.2 Å². The van der Waals surface area contributed by atoms with Gasteiger partial charge in [0.05, 0.1) is 5.56 Å². The fraction of sp³-hybridized carbons (Fsp3) is 0.333. The second-order valence-corrected chi connectivity index (χ2v) is 7.39. The molecule has 0 saturated heterocycles. The third-order valence-electron chi connectivity index (χ3n) is 5.25. The van der Waals surface area contributed by atoms with E-state index < -0.39 is 18.5 Å². The normalized spacial score (nSPS) is 11.4. The summed E-state index contributed by atoms with van der Waals surface area (Å²) >= 11 is 0. The molecule has 0 radical (unpaired) electrons. The Labute approximate surface area is 182 Å². The van der Waals surface area contributed by atoms with Gasteiger partial charge in [0.25, 0.3) is 5.91 Å². The van der Waals surface area contributed by atoms with Crippen molar-refractivity contribution in [2.45, 2.75) is 40.2 Å². The van der Waals surface area contributed by atoms with Gasteiger partial charge in [-0.2, -0.15) is 0 Å². The van der Waals surface area contributed by atoms with Gasteiger partial charge in [0, 0.05) is 17.3 Å². The molecule has 2 amide bonds. The predicted octanol–water partition coefficient (Wildman–Crippen LogP) is 3.54. The number of ether oxygens (including phenoxy) is 1. The molecule has 0 heterocycles. The van der Waals surface area contributed by atoms with Crippen LogP contribution < -0.4 is 5.32 Å². The first-order valence-corrected chi connectivity index (χ1v) is 10.1. The number of carbonyl (C=O) groups excluding carboxylic acids is 4. The third-order valence-corrected chi connectivity index (χ3v) is 5.25. The lowest BCUT2D eigenvalue weighted by atomic mass is 10.1. The van der Waals surface area contributed by atoms with Crippen LogP contribution in [0.2, 0.25) is 0 Å². The highest BCUT2D eigenvalue weighted by Gasteiger charge is 2.23. The highest BCUT2D eigenvalue weighted by Crippen LogP contribution is 2.18. The zero-order chi connectivity index (χ0) is 23.0. The Morgan fingerprint density at radius 3 is 2.39 bits per heavy atom. The topological polar surface area (TPSA) is 92.8 Å². The molecule has 0 aliphatic carbocycles. The summed E-state index contributed by atoms with van der Waals surface area (Å²) in [6.45, 7) is 7.00. The van der Waals surface area contributed by atoms with Crippen LogP contribution in [0.1, 0.15) is 52.1 Å². The zero-order valence-electron chi connectivity index (χ0n) is 18.3. The second-order valence-electron chi connectivity index (χ2n) is 7.39. The van der Waals surface area contributed by atoms with Gasteiger partial charge in [-0.05, 0) is 56.5 Å². The van der Waals surface area contributed by atoms with E-state index in [1.165, 1.54) is 29.2 Å². The standard InChI is InChI=1S/C24H28N2O5/c1-5-17(3)26(13-22(28)25-21-8-6-7-16(2)18(21)4)23(29)15-31-24(30)20-11-9-19(14-27)10-12-20/h6-12,14,17H,5,13,15H2,1-4H3,(H,25,28)/t17-/m1/s1. The Balaban J connectivity index is 2.00. The smallest absolute Gasteiger partial charge is 0.338 e. The maximum atomic E-state index is 12.7. The molecule has 0 unspecified atom stereocenters. The number of aryl methyl sites for hydroxylation is 1. The highest BCUT2D eigenvalue weighted by molar-refractivity contribution is 5.96. The first-order valence-electron chi connectivity index (χ1n) is 10.1. The van der Waals surface area contributed by atoms with Gasteiger partial charge in [-0.15, -0.1) is 0 Å². The van der Waals surface area contributed by atoms with E-state index >= 15 is 0 Å². The molecule has 0 aliphatic rings. The summed E-state index contributed by atoms with van der Waals surface area (Å²) in [4.78, 5) is 49.6. The van der Waals surface area contributed by atoms with Crippen molar-refractivity contribution in [3.63, 3.8) is 0 Å². The van der Waals surface area contributed by atoms with Gasteiger partial charge in [-0.25, -0.2) is 4.79 Å². The first kappa shape index (κ1) is 23.8. The number of esters is 1. The van der Waals surface area contributed by atoms with Crippen LogP contribution in [0.25, 0.3) is 0 Å². The van der Waals surface area contributed by atoms with Crippen molar-refractivity contribution in [2.75, 3.05) is 18.5 Å². The monoisotopic (exact) mass is 424 g/mol. The number of amides is 2. The molecule has 0 spiro atoms. The summed E-state index contributed by atoms with van der Waals surface area (Å²) < 4.78 is 5.12. The molecule has 1 atom stereocenters. The van der Waals surface area contributed by atoms with E-state index in [-0.39, 0.29) is 24.1 Å². The molecule has 2 aromatic rings. The van der Waals surface area contributed by atoms with Crippen LogP contribution in [0.3, 0.4) is 0 Å². The average molecular weight is 424 g/mol. The van der Waals surface area contributed by atoms with Crippen LogP contribution in [-0.4, -0.2) is 48.2 Å². The van der Waals surface area contributed by atoms with Crippen molar-refractivity contribution < 1.29 is 23.9 Å². The quantitative estimate of drug-likeness (QED) is 0.491. The minimum absolute atomic E-state index is 0.146. The molecule has 1 N–H and O–H groups in total. The lowest BCUT2D eigenvalue weighted by molar-refractivity contribution is -0.139. The van der Waals surface area contributed by atoms with Crippen LogP contribution in [0, 0.1) is 13.8 Å². The maximum absolute atomic E-state index is 12.7. The molecule has 7 heteroatoms. The third kappa shape index (κ3) is 6.50. The molecule has 2 rings (SSSR count). The van der Waals surface area contributed by atoms with Crippen LogP contribution in [-0.2, 0) is 14.3 Å². The largest absolute Gasteiger partial charge is 0.452 e. The summed E-state index contributed by atoms with van der Waals surface area (Å²) in [5.41, 5.74) is 3.39. The van der Waals surface area contributed by atoms with E-state index in [0.717, 1.165) is 11.1 Å². The van der Waals surface area contributed by atoms with Gasteiger partial charge in [0.15, 0.2) is 6.61 Å². The number of nitrogens with one attached hydrogen (secondary N) is 1. The van der Waals surface area contributed by atoms with Crippen molar-refractivity contribution in [2.24, 2.45) is 0 Å². The molecule has 0 aromatic heterocycles. The Morgan fingerprint density at radius 1 is 1.10 bits per heavy atom. The predicted molar refractivity (Wildman–Crippen MR) is 118 cm³/mol. The number of hydrogen-bond donors (Lipinski definition) is 1. The van der Waals surface area contributed by atoms with E-state index in [0.29, 0.717) is 24.0 Å². The lowest BCUT2D eigenvalue weighted by Gasteiger charge is -2.28. The number of carbonyl (C=O) groups is 4. The number of aldehydes is 1. The van der Waals surface area contributed by atoms with Gasteiger partial charge in [-0.1, -0.05) is 31.2 Å². The van der Waals surface area contributed by atoms with E-state index in [1.807, 2.05) is 45.9 Å². The van der Waals surface area contributed by atoms with Gasteiger partial charge >= 0.3 is 5.97 Å². The Morgan fingerprint density at radius 2 is 1.77 bits per heavy atom. The zero-order valence-corrected chi connectivity index (χ0v) is 18.3. The van der Waals surface area contributed by atoms with E-state index in [4.69, 9.17) is 4.74 Å². The number of anilines is 1. The SMILES string of the molecule is CC[C@@H](C)N(CC(=O)Nc1cccc(C)c1C)C(=O)COC(=O)c1ccc(C=O)cc1. The summed E-state index contributed by atoms with van der Waals surface area (Å²) in [6, 6.07) is 11.3. The average Bonchev–Trinajstić information content (AvgIpc) is 2.78. The molecule has 31 heavy (non-hydrogen) atoms. The van der Waals surface area contributed by atoms with E-state index in [1.54, 1.807) is 0 Å². The van der Waals surface area contributed by atoms with Crippen molar-refractivity contribution in [1.82, 2.24) is 4.90 Å². The molecular formula is C24H28N2O5. The van der Waals surface area contributed by atoms with Gasteiger partial charge in [-0.3, -0.25) is 14.4 Å². The molecule has 0 aliphatic heterocycles. The number of rotatable bonds is 9.